The van der Waals surface area contributed by atoms with Crippen LogP contribution in [0.4, 0.5) is 4.39 Å². The molecule has 0 unspecified atom stereocenters. The first-order chi connectivity index (χ1) is 15.2. The van der Waals surface area contributed by atoms with Gasteiger partial charge in [-0.3, -0.25) is 4.98 Å². The predicted octanol–water partition coefficient (Wildman–Crippen LogP) is 4.72. The minimum atomic E-state index is -0.247. The van der Waals surface area contributed by atoms with E-state index in [-0.39, 0.29) is 11.9 Å². The zero-order chi connectivity index (χ0) is 21.2. The maximum Gasteiger partial charge on any atom is 0.226 e. The summed E-state index contributed by atoms with van der Waals surface area (Å²) < 4.78 is 19.4. The van der Waals surface area contributed by atoms with Gasteiger partial charge in [-0.1, -0.05) is 12.1 Å². The molecule has 1 aliphatic carbocycles. The molecule has 7 heteroatoms. The molecule has 1 aromatic carbocycles. The van der Waals surface area contributed by atoms with E-state index in [2.05, 4.69) is 4.98 Å². The van der Waals surface area contributed by atoms with Crippen LogP contribution >= 0.6 is 11.3 Å². The van der Waals surface area contributed by atoms with E-state index in [1.165, 1.54) is 35.4 Å². The molecule has 0 radical (unpaired) electrons. The fourth-order valence-electron chi connectivity index (χ4n) is 4.03. The highest BCUT2D eigenvalue weighted by Gasteiger charge is 2.23. The number of fused-ring (bicyclic) bond motifs is 3. The van der Waals surface area contributed by atoms with Gasteiger partial charge in [-0.25, -0.2) is 9.37 Å². The van der Waals surface area contributed by atoms with Crippen LogP contribution in [-0.2, 0) is 19.3 Å². The van der Waals surface area contributed by atoms with Gasteiger partial charge in [0, 0.05) is 28.9 Å². The van der Waals surface area contributed by atoms with E-state index in [1.54, 1.807) is 35.9 Å². The highest BCUT2D eigenvalue weighted by Crippen LogP contribution is 2.40. The molecule has 0 aliphatic heterocycles. The van der Waals surface area contributed by atoms with Crippen LogP contribution in [0.5, 0.6) is 5.88 Å². The number of nitrogens with zero attached hydrogens (tertiary/aromatic N) is 3. The van der Waals surface area contributed by atoms with Crippen LogP contribution in [0, 0.1) is 5.82 Å². The second-order valence-electron chi connectivity index (χ2n) is 7.88. The van der Waals surface area contributed by atoms with Gasteiger partial charge in [0.2, 0.25) is 5.88 Å². The Morgan fingerprint density at radius 3 is 2.61 bits per heavy atom. The van der Waals surface area contributed by atoms with Crippen LogP contribution in [0.15, 0.2) is 48.8 Å². The van der Waals surface area contributed by atoms with Crippen LogP contribution in [0.3, 0.4) is 0 Å². The van der Waals surface area contributed by atoms with Crippen molar-refractivity contribution in [1.29, 1.82) is 0 Å². The Morgan fingerprint density at radius 1 is 1.03 bits per heavy atom. The number of hydrogen-bond donors (Lipinski definition) is 1. The first kappa shape index (κ1) is 20.0. The molecule has 3 aromatic heterocycles. The minimum absolute atomic E-state index is 0.227. The number of hydrogen-bond acceptors (Lipinski definition) is 6. The van der Waals surface area contributed by atoms with Crippen molar-refractivity contribution in [2.75, 3.05) is 6.61 Å². The molecule has 0 spiro atoms. The molecule has 1 atom stereocenters. The zero-order valence-electron chi connectivity index (χ0n) is 17.1. The van der Waals surface area contributed by atoms with Gasteiger partial charge in [0.15, 0.2) is 5.82 Å². The van der Waals surface area contributed by atoms with E-state index in [0.29, 0.717) is 24.7 Å². The Hall–Kier alpha value is -2.90. The summed E-state index contributed by atoms with van der Waals surface area (Å²) in [4.78, 5) is 16.1. The van der Waals surface area contributed by atoms with E-state index in [9.17, 15) is 4.39 Å². The normalized spacial score (nSPS) is 14.4. The Bertz CT molecular complexity index is 1190. The summed E-state index contributed by atoms with van der Waals surface area (Å²) in [6, 6.07) is 10.0. The van der Waals surface area contributed by atoms with Crippen molar-refractivity contribution in [2.45, 2.75) is 38.1 Å². The third-order valence-electron chi connectivity index (χ3n) is 5.57. The summed E-state index contributed by atoms with van der Waals surface area (Å²) in [5.74, 6) is 0.990. The fraction of sp³-hybridized carbons (Fsp3) is 0.292. The SMILES string of the molecule is N[C@H](COc1nc(-c2ccncc2)nc2sc3c(c12)CCCC3)Cc1ccc(F)cc1. The van der Waals surface area contributed by atoms with Crippen molar-refractivity contribution in [3.63, 3.8) is 0 Å². The van der Waals surface area contributed by atoms with E-state index in [0.717, 1.165) is 34.2 Å². The number of nitrogens with two attached hydrogens (primary N) is 1. The molecule has 0 fully saturated rings. The first-order valence-corrected chi connectivity index (χ1v) is 11.3. The number of pyridine rings is 1. The summed E-state index contributed by atoms with van der Waals surface area (Å²) in [5, 5.41) is 1.03. The van der Waals surface area contributed by atoms with Crippen LogP contribution in [0.25, 0.3) is 21.6 Å². The lowest BCUT2D eigenvalue weighted by molar-refractivity contribution is 0.280. The van der Waals surface area contributed by atoms with E-state index in [1.807, 2.05) is 12.1 Å². The number of benzene rings is 1. The Balaban J connectivity index is 1.45. The molecule has 0 saturated carbocycles. The highest BCUT2D eigenvalue weighted by atomic mass is 32.1. The molecule has 5 nitrogen and oxygen atoms in total. The molecule has 0 bridgehead atoms. The number of thiophene rings is 1. The van der Waals surface area contributed by atoms with Crippen LogP contribution < -0.4 is 10.5 Å². The average Bonchev–Trinajstić information content (AvgIpc) is 3.18. The monoisotopic (exact) mass is 434 g/mol. The number of aromatic nitrogens is 3. The Labute approximate surface area is 184 Å². The van der Waals surface area contributed by atoms with Gasteiger partial charge in [0.25, 0.3) is 0 Å². The number of rotatable bonds is 6. The van der Waals surface area contributed by atoms with Gasteiger partial charge >= 0.3 is 0 Å². The van der Waals surface area contributed by atoms with Crippen molar-refractivity contribution in [3.05, 3.63) is 70.6 Å². The summed E-state index contributed by atoms with van der Waals surface area (Å²) in [6.45, 7) is 0.323. The first-order valence-electron chi connectivity index (χ1n) is 10.5. The quantitative estimate of drug-likeness (QED) is 0.475. The lowest BCUT2D eigenvalue weighted by Gasteiger charge is -2.16. The molecule has 158 valence electrons. The van der Waals surface area contributed by atoms with Crippen molar-refractivity contribution in [2.24, 2.45) is 5.73 Å². The smallest absolute Gasteiger partial charge is 0.226 e. The van der Waals surface area contributed by atoms with Crippen LogP contribution in [-0.4, -0.2) is 27.6 Å². The Kier molecular flexibility index (Phi) is 5.61. The molecule has 2 N–H and O–H groups in total. The van der Waals surface area contributed by atoms with Crippen molar-refractivity contribution >= 4 is 21.6 Å². The third-order valence-corrected chi connectivity index (χ3v) is 6.75. The summed E-state index contributed by atoms with van der Waals surface area (Å²) in [7, 11) is 0. The largest absolute Gasteiger partial charge is 0.475 e. The maximum atomic E-state index is 13.2. The summed E-state index contributed by atoms with van der Waals surface area (Å²) in [6.07, 6.45) is 8.59. The van der Waals surface area contributed by atoms with E-state index < -0.39 is 0 Å². The van der Waals surface area contributed by atoms with Crippen LogP contribution in [0.2, 0.25) is 0 Å². The topological polar surface area (TPSA) is 73.9 Å². The molecule has 4 aromatic rings. The highest BCUT2D eigenvalue weighted by molar-refractivity contribution is 7.18. The van der Waals surface area contributed by atoms with E-state index in [4.69, 9.17) is 20.4 Å². The number of halogens is 1. The lowest BCUT2D eigenvalue weighted by atomic mass is 9.97. The molecule has 0 amide bonds. The molecular formula is C24H23FN4OS. The molecule has 5 rings (SSSR count). The van der Waals surface area contributed by atoms with Crippen LogP contribution in [0.1, 0.15) is 28.8 Å². The predicted molar refractivity (Wildman–Crippen MR) is 121 cm³/mol. The van der Waals surface area contributed by atoms with Gasteiger partial charge in [-0.15, -0.1) is 11.3 Å². The van der Waals surface area contributed by atoms with Gasteiger partial charge in [0.1, 0.15) is 17.3 Å². The zero-order valence-corrected chi connectivity index (χ0v) is 17.9. The lowest BCUT2D eigenvalue weighted by Crippen LogP contribution is -2.30. The maximum absolute atomic E-state index is 13.2. The fourth-order valence-corrected chi connectivity index (χ4v) is 5.28. The van der Waals surface area contributed by atoms with Crippen molar-refractivity contribution in [1.82, 2.24) is 15.0 Å². The molecule has 3 heterocycles. The van der Waals surface area contributed by atoms with E-state index >= 15 is 0 Å². The second-order valence-corrected chi connectivity index (χ2v) is 8.96. The standard InChI is InChI=1S/C24H23FN4OS/c25-17-7-5-15(6-8-17)13-18(26)14-30-23-21-19-3-1-2-4-20(19)31-24(21)29-22(28-23)16-9-11-27-12-10-16/h5-12,18H,1-4,13-14,26H2/t18-/m0/s1. The molecule has 31 heavy (non-hydrogen) atoms. The number of aryl methyl sites for hydroxylation is 2. The van der Waals surface area contributed by atoms with Gasteiger partial charge in [-0.2, -0.15) is 4.98 Å². The summed E-state index contributed by atoms with van der Waals surface area (Å²) in [5.41, 5.74) is 9.55. The minimum Gasteiger partial charge on any atom is -0.475 e. The third kappa shape index (κ3) is 4.29. The second kappa shape index (κ2) is 8.69. The molecule has 0 saturated heterocycles. The molecular weight excluding hydrogens is 411 g/mol. The van der Waals surface area contributed by atoms with Gasteiger partial charge in [-0.05, 0) is 67.5 Å². The summed E-state index contributed by atoms with van der Waals surface area (Å²) >= 11 is 1.75. The molecule has 1 aliphatic rings. The van der Waals surface area contributed by atoms with Crippen molar-refractivity contribution < 1.29 is 9.13 Å². The Morgan fingerprint density at radius 2 is 1.81 bits per heavy atom. The van der Waals surface area contributed by atoms with Crippen molar-refractivity contribution in [3.8, 4) is 17.3 Å². The van der Waals surface area contributed by atoms with Gasteiger partial charge < -0.3 is 10.5 Å². The number of ether oxygens (including phenoxy) is 1. The van der Waals surface area contributed by atoms with Gasteiger partial charge in [0.05, 0.1) is 5.39 Å². The average molecular weight is 435 g/mol.